The Bertz CT molecular complexity index is 105. The third kappa shape index (κ3) is 1.10. The van der Waals surface area contributed by atoms with E-state index in [1.54, 1.807) is 0 Å². The number of rotatable bonds is 1. The molecule has 1 unspecified atom stereocenters. The first-order valence-corrected chi connectivity index (χ1v) is 3.54. The molecule has 1 aliphatic rings. The van der Waals surface area contributed by atoms with Crippen molar-refractivity contribution in [3.63, 3.8) is 0 Å². The molecule has 0 radical (unpaired) electrons. The molecular weight excluding hydrogens is 114 g/mol. The monoisotopic (exact) mass is 129 g/mol. The van der Waals surface area contributed by atoms with Gasteiger partial charge in [-0.3, -0.25) is 4.90 Å². The van der Waals surface area contributed by atoms with Crippen molar-refractivity contribution in [1.82, 2.24) is 4.90 Å². The molecule has 0 saturated carbocycles. The number of likely N-dealkylation sites (N-methyl/N-ethyl adjacent to an activating group) is 1. The second kappa shape index (κ2) is 2.27. The maximum absolute atomic E-state index is 5.53. The lowest BCUT2D eigenvalue weighted by Gasteiger charge is -2.28. The second-order valence-corrected chi connectivity index (χ2v) is 2.80. The van der Waals surface area contributed by atoms with Crippen molar-refractivity contribution in [2.24, 2.45) is 0 Å². The van der Waals surface area contributed by atoms with E-state index in [1.165, 1.54) is 0 Å². The molecule has 0 aromatic carbocycles. The van der Waals surface area contributed by atoms with Gasteiger partial charge in [0.25, 0.3) is 0 Å². The highest BCUT2D eigenvalue weighted by molar-refractivity contribution is 4.77. The second-order valence-electron chi connectivity index (χ2n) is 2.80. The Labute approximate surface area is 56.8 Å². The summed E-state index contributed by atoms with van der Waals surface area (Å²) in [5.74, 6) is 0. The summed E-state index contributed by atoms with van der Waals surface area (Å²) < 4.78 is 5.53. The zero-order valence-corrected chi connectivity index (χ0v) is 6.48. The minimum absolute atomic E-state index is 0.0278. The number of ether oxygens (including phenoxy) is 1. The van der Waals surface area contributed by atoms with E-state index in [4.69, 9.17) is 4.74 Å². The van der Waals surface area contributed by atoms with E-state index in [-0.39, 0.29) is 5.72 Å². The lowest BCUT2D eigenvalue weighted by molar-refractivity contribution is -0.0582. The van der Waals surface area contributed by atoms with Crippen molar-refractivity contribution >= 4 is 0 Å². The molecule has 54 valence electrons. The van der Waals surface area contributed by atoms with Gasteiger partial charge in [-0.1, -0.05) is 6.92 Å². The molecule has 1 rings (SSSR count). The number of nitrogens with zero attached hydrogens (tertiary/aromatic N) is 1. The molecule has 0 amide bonds. The van der Waals surface area contributed by atoms with Crippen LogP contribution >= 0.6 is 0 Å². The zero-order valence-electron chi connectivity index (χ0n) is 6.48. The molecule has 1 atom stereocenters. The van der Waals surface area contributed by atoms with Crippen molar-refractivity contribution in [3.05, 3.63) is 0 Å². The molecule has 1 fully saturated rings. The van der Waals surface area contributed by atoms with Gasteiger partial charge in [-0.15, -0.1) is 0 Å². The summed E-state index contributed by atoms with van der Waals surface area (Å²) in [6.45, 7) is 6.26. The Kier molecular flexibility index (Phi) is 1.78. The van der Waals surface area contributed by atoms with Gasteiger partial charge in [0.05, 0.1) is 6.61 Å². The molecule has 1 saturated heterocycles. The molecule has 0 N–H and O–H groups in total. The molecule has 2 nitrogen and oxygen atoms in total. The van der Waals surface area contributed by atoms with E-state index in [9.17, 15) is 0 Å². The summed E-state index contributed by atoms with van der Waals surface area (Å²) >= 11 is 0. The summed E-state index contributed by atoms with van der Waals surface area (Å²) in [4.78, 5) is 2.26. The van der Waals surface area contributed by atoms with Crippen LogP contribution in [0.5, 0.6) is 0 Å². The van der Waals surface area contributed by atoms with E-state index in [1.807, 2.05) is 0 Å². The predicted octanol–water partition coefficient (Wildman–Crippen LogP) is 1.07. The van der Waals surface area contributed by atoms with E-state index in [0.717, 1.165) is 19.6 Å². The van der Waals surface area contributed by atoms with Crippen LogP contribution in [-0.4, -0.2) is 30.8 Å². The molecule has 0 bridgehead atoms. The molecule has 0 aromatic rings. The fraction of sp³-hybridized carbons (Fsp3) is 1.00. The fourth-order valence-corrected chi connectivity index (χ4v) is 1.12. The van der Waals surface area contributed by atoms with Gasteiger partial charge in [0.15, 0.2) is 0 Å². The summed E-state index contributed by atoms with van der Waals surface area (Å²) in [6, 6.07) is 0. The third-order valence-electron chi connectivity index (χ3n) is 2.30. The third-order valence-corrected chi connectivity index (χ3v) is 2.30. The predicted molar refractivity (Wildman–Crippen MR) is 37.3 cm³/mol. The van der Waals surface area contributed by atoms with Crippen LogP contribution in [0.15, 0.2) is 0 Å². The Morgan fingerprint density at radius 3 is 2.56 bits per heavy atom. The van der Waals surface area contributed by atoms with Crippen LogP contribution in [0.4, 0.5) is 0 Å². The first kappa shape index (κ1) is 7.03. The topological polar surface area (TPSA) is 12.5 Å². The SMILES string of the molecule is CCC1(C)OCCN1C. The Balaban J connectivity index is 2.56. The van der Waals surface area contributed by atoms with Gasteiger partial charge in [-0.2, -0.15) is 0 Å². The summed E-state index contributed by atoms with van der Waals surface area (Å²) in [7, 11) is 2.11. The number of hydrogen-bond donors (Lipinski definition) is 0. The maximum Gasteiger partial charge on any atom is 0.118 e. The Morgan fingerprint density at radius 1 is 1.67 bits per heavy atom. The van der Waals surface area contributed by atoms with Crippen LogP contribution in [0.2, 0.25) is 0 Å². The van der Waals surface area contributed by atoms with Gasteiger partial charge in [0.1, 0.15) is 5.72 Å². The molecule has 2 heteroatoms. The van der Waals surface area contributed by atoms with Gasteiger partial charge >= 0.3 is 0 Å². The van der Waals surface area contributed by atoms with Crippen molar-refractivity contribution in [3.8, 4) is 0 Å². The molecule has 0 spiro atoms. The van der Waals surface area contributed by atoms with E-state index >= 15 is 0 Å². The first-order valence-electron chi connectivity index (χ1n) is 3.54. The minimum Gasteiger partial charge on any atom is -0.359 e. The maximum atomic E-state index is 5.53. The van der Waals surface area contributed by atoms with Gasteiger partial charge in [0, 0.05) is 6.54 Å². The van der Waals surface area contributed by atoms with Crippen LogP contribution in [-0.2, 0) is 4.74 Å². The summed E-state index contributed by atoms with van der Waals surface area (Å²) in [5, 5.41) is 0. The van der Waals surface area contributed by atoms with Gasteiger partial charge in [-0.05, 0) is 20.4 Å². The number of hydrogen-bond acceptors (Lipinski definition) is 2. The quantitative estimate of drug-likeness (QED) is 0.525. The molecule has 9 heavy (non-hydrogen) atoms. The van der Waals surface area contributed by atoms with Gasteiger partial charge in [-0.25, -0.2) is 0 Å². The molecule has 0 aromatic heterocycles. The lowest BCUT2D eigenvalue weighted by atomic mass is 10.2. The fourth-order valence-electron chi connectivity index (χ4n) is 1.12. The lowest BCUT2D eigenvalue weighted by Crippen LogP contribution is -2.38. The zero-order chi connectivity index (χ0) is 6.91. The van der Waals surface area contributed by atoms with Crippen molar-refractivity contribution in [1.29, 1.82) is 0 Å². The normalized spacial score (nSPS) is 37.7. The van der Waals surface area contributed by atoms with E-state index in [2.05, 4.69) is 25.8 Å². The highest BCUT2D eigenvalue weighted by atomic mass is 16.5. The molecule has 1 heterocycles. The van der Waals surface area contributed by atoms with Crippen LogP contribution < -0.4 is 0 Å². The van der Waals surface area contributed by atoms with Gasteiger partial charge in [0.2, 0.25) is 0 Å². The highest BCUT2D eigenvalue weighted by Gasteiger charge is 2.32. The van der Waals surface area contributed by atoms with Crippen molar-refractivity contribution < 1.29 is 4.74 Å². The summed E-state index contributed by atoms with van der Waals surface area (Å²) in [6.07, 6.45) is 1.07. The highest BCUT2D eigenvalue weighted by Crippen LogP contribution is 2.23. The summed E-state index contributed by atoms with van der Waals surface area (Å²) in [5.41, 5.74) is 0.0278. The largest absolute Gasteiger partial charge is 0.359 e. The minimum atomic E-state index is 0.0278. The van der Waals surface area contributed by atoms with Crippen molar-refractivity contribution in [2.75, 3.05) is 20.2 Å². The van der Waals surface area contributed by atoms with Crippen molar-refractivity contribution in [2.45, 2.75) is 26.0 Å². The average molecular weight is 129 g/mol. The average Bonchev–Trinajstić information content (AvgIpc) is 2.15. The van der Waals surface area contributed by atoms with Crippen LogP contribution in [0.3, 0.4) is 0 Å². The molecule has 0 aliphatic carbocycles. The molecular formula is C7H15NO. The van der Waals surface area contributed by atoms with Crippen LogP contribution in [0, 0.1) is 0 Å². The Hall–Kier alpha value is -0.0800. The smallest absolute Gasteiger partial charge is 0.118 e. The van der Waals surface area contributed by atoms with Crippen LogP contribution in [0.1, 0.15) is 20.3 Å². The van der Waals surface area contributed by atoms with Crippen LogP contribution in [0.25, 0.3) is 0 Å². The first-order chi connectivity index (χ1) is 4.19. The van der Waals surface area contributed by atoms with Gasteiger partial charge < -0.3 is 4.74 Å². The molecule has 1 aliphatic heterocycles. The van der Waals surface area contributed by atoms with E-state index < -0.39 is 0 Å². The van der Waals surface area contributed by atoms with E-state index in [0.29, 0.717) is 0 Å². The standard InChI is InChI=1S/C7H15NO/c1-4-7(2)8(3)5-6-9-7/h4-6H2,1-3H3. The Morgan fingerprint density at radius 2 is 2.33 bits per heavy atom.